The normalized spacial score (nSPS) is 14.2. The quantitative estimate of drug-likeness (QED) is 0.817. The second kappa shape index (κ2) is 7.26. The summed E-state index contributed by atoms with van der Waals surface area (Å²) < 4.78 is 0. The van der Waals surface area contributed by atoms with Crippen molar-refractivity contribution in [2.75, 3.05) is 20.1 Å². The van der Waals surface area contributed by atoms with Crippen LogP contribution in [0.3, 0.4) is 0 Å². The van der Waals surface area contributed by atoms with Crippen LogP contribution in [0.1, 0.15) is 31.0 Å². The first-order valence-corrected chi connectivity index (χ1v) is 6.76. The molecule has 19 heavy (non-hydrogen) atoms. The molecule has 2 unspecified atom stereocenters. The Morgan fingerprint density at radius 2 is 1.95 bits per heavy atom. The number of carbonyl (C=O) groups excluding carboxylic acids is 1. The average Bonchev–Trinajstić information content (AvgIpc) is 2.39. The van der Waals surface area contributed by atoms with Gasteiger partial charge in [-0.15, -0.1) is 0 Å². The van der Waals surface area contributed by atoms with E-state index in [0.717, 1.165) is 12.1 Å². The average molecular weight is 263 g/mol. The molecule has 0 aromatic heterocycles. The topological polar surface area (TPSA) is 58.4 Å². The Bertz CT molecular complexity index is 400. The molecule has 0 saturated heterocycles. The van der Waals surface area contributed by atoms with Crippen molar-refractivity contribution in [2.45, 2.75) is 32.9 Å². The Hall–Kier alpha value is -1.39. The number of hydrogen-bond acceptors (Lipinski definition) is 3. The Labute approximate surface area is 116 Å². The lowest BCUT2D eigenvalue weighted by Gasteiger charge is -2.33. The minimum Gasteiger partial charge on any atom is -0.358 e. The van der Waals surface area contributed by atoms with Crippen molar-refractivity contribution in [3.05, 3.63) is 35.4 Å². The number of nitrogens with one attached hydrogen (secondary N) is 1. The van der Waals surface area contributed by atoms with Gasteiger partial charge in [0.1, 0.15) is 0 Å². The van der Waals surface area contributed by atoms with Crippen molar-refractivity contribution < 1.29 is 4.79 Å². The zero-order valence-electron chi connectivity index (χ0n) is 12.3. The summed E-state index contributed by atoms with van der Waals surface area (Å²) in [6.45, 7) is 7.25. The number of amides is 1. The molecule has 0 aliphatic heterocycles. The Balaban J connectivity index is 2.97. The smallest absolute Gasteiger partial charge is 0.233 e. The van der Waals surface area contributed by atoms with Gasteiger partial charge in [-0.2, -0.15) is 0 Å². The van der Waals surface area contributed by atoms with Gasteiger partial charge in [0.2, 0.25) is 5.91 Å². The zero-order chi connectivity index (χ0) is 14.4. The van der Waals surface area contributed by atoms with Crippen molar-refractivity contribution in [3.8, 4) is 0 Å². The Kier molecular flexibility index (Phi) is 5.99. The Morgan fingerprint density at radius 1 is 1.37 bits per heavy atom. The third kappa shape index (κ3) is 4.33. The second-order valence-electron chi connectivity index (χ2n) is 4.95. The van der Waals surface area contributed by atoms with E-state index in [1.807, 2.05) is 13.8 Å². The SMILES string of the molecule is CCN(CC(=O)NC)C(c1ccc(C)cc1)C(C)N. The predicted molar refractivity (Wildman–Crippen MR) is 78.9 cm³/mol. The molecule has 4 heteroatoms. The molecule has 0 aliphatic carbocycles. The van der Waals surface area contributed by atoms with Crippen molar-refractivity contribution in [3.63, 3.8) is 0 Å². The van der Waals surface area contributed by atoms with Crippen LogP contribution in [0.4, 0.5) is 0 Å². The fourth-order valence-corrected chi connectivity index (χ4v) is 2.28. The van der Waals surface area contributed by atoms with Crippen LogP contribution in [-0.2, 0) is 4.79 Å². The summed E-state index contributed by atoms with van der Waals surface area (Å²) in [5.74, 6) is 0.0135. The van der Waals surface area contributed by atoms with Crippen molar-refractivity contribution >= 4 is 5.91 Å². The van der Waals surface area contributed by atoms with Crippen LogP contribution in [0, 0.1) is 6.92 Å². The molecule has 0 bridgehead atoms. The number of carbonyl (C=O) groups is 1. The molecule has 3 N–H and O–H groups in total. The van der Waals surface area contributed by atoms with Gasteiger partial charge in [0.15, 0.2) is 0 Å². The van der Waals surface area contributed by atoms with Gasteiger partial charge in [0.05, 0.1) is 12.6 Å². The molecule has 0 fully saturated rings. The molecular weight excluding hydrogens is 238 g/mol. The predicted octanol–water partition coefficient (Wildman–Crippen LogP) is 1.45. The van der Waals surface area contributed by atoms with E-state index >= 15 is 0 Å². The number of rotatable bonds is 6. The van der Waals surface area contributed by atoms with Gasteiger partial charge in [-0.25, -0.2) is 0 Å². The van der Waals surface area contributed by atoms with E-state index in [1.54, 1.807) is 7.05 Å². The van der Waals surface area contributed by atoms with E-state index in [2.05, 4.69) is 41.4 Å². The highest BCUT2D eigenvalue weighted by Gasteiger charge is 2.24. The molecule has 106 valence electrons. The highest BCUT2D eigenvalue weighted by molar-refractivity contribution is 5.77. The summed E-state index contributed by atoms with van der Waals surface area (Å²) in [5.41, 5.74) is 8.51. The molecular formula is C15H25N3O. The summed E-state index contributed by atoms with van der Waals surface area (Å²) in [7, 11) is 1.66. The molecule has 0 aliphatic rings. The van der Waals surface area contributed by atoms with Crippen LogP contribution >= 0.6 is 0 Å². The fourth-order valence-electron chi connectivity index (χ4n) is 2.28. The third-order valence-corrected chi connectivity index (χ3v) is 3.34. The minimum atomic E-state index is -0.0349. The maximum atomic E-state index is 11.6. The number of nitrogens with zero attached hydrogens (tertiary/aromatic N) is 1. The number of benzene rings is 1. The van der Waals surface area contributed by atoms with Crippen LogP contribution in [0.2, 0.25) is 0 Å². The molecule has 0 saturated carbocycles. The summed E-state index contributed by atoms with van der Waals surface area (Å²) in [6.07, 6.45) is 0. The van der Waals surface area contributed by atoms with Gasteiger partial charge in [-0.3, -0.25) is 9.69 Å². The van der Waals surface area contributed by atoms with Crippen LogP contribution < -0.4 is 11.1 Å². The monoisotopic (exact) mass is 263 g/mol. The summed E-state index contributed by atoms with van der Waals surface area (Å²) in [4.78, 5) is 13.7. The van der Waals surface area contributed by atoms with Crippen LogP contribution in [0.15, 0.2) is 24.3 Å². The Morgan fingerprint density at radius 3 is 2.37 bits per heavy atom. The second-order valence-corrected chi connectivity index (χ2v) is 4.95. The van der Waals surface area contributed by atoms with Gasteiger partial charge in [0.25, 0.3) is 0 Å². The largest absolute Gasteiger partial charge is 0.358 e. The minimum absolute atomic E-state index is 0.0135. The maximum absolute atomic E-state index is 11.6. The number of likely N-dealkylation sites (N-methyl/N-ethyl adjacent to an activating group) is 2. The first-order valence-electron chi connectivity index (χ1n) is 6.76. The molecule has 1 rings (SSSR count). The third-order valence-electron chi connectivity index (χ3n) is 3.34. The van der Waals surface area contributed by atoms with E-state index in [9.17, 15) is 4.79 Å². The molecule has 4 nitrogen and oxygen atoms in total. The van der Waals surface area contributed by atoms with E-state index in [4.69, 9.17) is 5.73 Å². The standard InChI is InChI=1S/C15H25N3O/c1-5-18(10-14(19)17-4)15(12(3)16)13-8-6-11(2)7-9-13/h6-9,12,15H,5,10,16H2,1-4H3,(H,17,19). The fraction of sp³-hybridized carbons (Fsp3) is 0.533. The molecule has 0 heterocycles. The first-order chi connectivity index (χ1) is 8.99. The van der Waals surface area contributed by atoms with Crippen LogP contribution in [0.5, 0.6) is 0 Å². The van der Waals surface area contributed by atoms with E-state index in [0.29, 0.717) is 6.54 Å². The van der Waals surface area contributed by atoms with Crippen molar-refractivity contribution in [1.29, 1.82) is 0 Å². The first kappa shape index (κ1) is 15.7. The van der Waals surface area contributed by atoms with E-state index in [1.165, 1.54) is 5.56 Å². The van der Waals surface area contributed by atoms with Gasteiger partial charge in [0, 0.05) is 13.1 Å². The molecule has 2 atom stereocenters. The molecule has 1 aromatic rings. The molecule has 1 aromatic carbocycles. The maximum Gasteiger partial charge on any atom is 0.233 e. The lowest BCUT2D eigenvalue weighted by Crippen LogP contribution is -2.44. The van der Waals surface area contributed by atoms with Gasteiger partial charge < -0.3 is 11.1 Å². The lowest BCUT2D eigenvalue weighted by atomic mass is 9.98. The lowest BCUT2D eigenvalue weighted by molar-refractivity contribution is -0.122. The van der Waals surface area contributed by atoms with Gasteiger partial charge in [-0.05, 0) is 26.0 Å². The highest BCUT2D eigenvalue weighted by atomic mass is 16.1. The summed E-state index contributed by atoms with van der Waals surface area (Å²) in [6, 6.07) is 8.37. The van der Waals surface area contributed by atoms with E-state index in [-0.39, 0.29) is 18.0 Å². The summed E-state index contributed by atoms with van der Waals surface area (Å²) >= 11 is 0. The van der Waals surface area contributed by atoms with Crippen LogP contribution in [-0.4, -0.2) is 37.0 Å². The van der Waals surface area contributed by atoms with E-state index < -0.39 is 0 Å². The highest BCUT2D eigenvalue weighted by Crippen LogP contribution is 2.23. The van der Waals surface area contributed by atoms with Crippen LogP contribution in [0.25, 0.3) is 0 Å². The van der Waals surface area contributed by atoms with Gasteiger partial charge >= 0.3 is 0 Å². The number of nitrogens with two attached hydrogens (primary N) is 1. The number of hydrogen-bond donors (Lipinski definition) is 2. The molecule has 0 spiro atoms. The summed E-state index contributed by atoms with van der Waals surface area (Å²) in [5, 5.41) is 2.66. The zero-order valence-corrected chi connectivity index (χ0v) is 12.3. The number of aryl methyl sites for hydroxylation is 1. The van der Waals surface area contributed by atoms with Crippen molar-refractivity contribution in [1.82, 2.24) is 10.2 Å². The molecule has 0 radical (unpaired) electrons. The van der Waals surface area contributed by atoms with Gasteiger partial charge in [-0.1, -0.05) is 36.8 Å². The van der Waals surface area contributed by atoms with Crippen molar-refractivity contribution in [2.24, 2.45) is 5.73 Å². The molecule has 1 amide bonds.